The van der Waals surface area contributed by atoms with E-state index in [0.717, 1.165) is 36.8 Å². The lowest BCUT2D eigenvalue weighted by atomic mass is 10.00. The highest BCUT2D eigenvalue weighted by atomic mass is 32.2. The molecular formula is C45H53N2O7PS. The molecule has 9 nitrogen and oxygen atoms in total. The van der Waals surface area contributed by atoms with Crippen LogP contribution in [0.3, 0.4) is 0 Å². The molecule has 296 valence electrons. The molecule has 4 bridgehead atoms. The van der Waals surface area contributed by atoms with Crippen molar-refractivity contribution in [3.63, 3.8) is 0 Å². The van der Waals surface area contributed by atoms with Crippen LogP contribution in [0, 0.1) is 0 Å². The molecular weight excluding hydrogens is 744 g/mol. The molecule has 0 saturated heterocycles. The van der Waals surface area contributed by atoms with Gasteiger partial charge in [-0.15, -0.1) is 0 Å². The zero-order valence-electron chi connectivity index (χ0n) is 31.1. The van der Waals surface area contributed by atoms with Gasteiger partial charge in [-0.05, 0) is 111 Å². The van der Waals surface area contributed by atoms with Crippen LogP contribution in [0.4, 0.5) is 5.69 Å². The zero-order chi connectivity index (χ0) is 38.5. The van der Waals surface area contributed by atoms with Gasteiger partial charge in [-0.3, -0.25) is 9.29 Å². The fourth-order valence-corrected chi connectivity index (χ4v) is 8.43. The maximum Gasteiger partial charge on any atom is 0.262 e. The van der Waals surface area contributed by atoms with E-state index in [1.54, 1.807) is 30.3 Å². The van der Waals surface area contributed by atoms with Crippen molar-refractivity contribution in [2.45, 2.75) is 88.3 Å². The molecule has 1 heterocycles. The Kier molecular flexibility index (Phi) is 15.5. The lowest BCUT2D eigenvalue weighted by Gasteiger charge is -2.29. The molecule has 11 heteroatoms. The first-order chi connectivity index (χ1) is 26.7. The third kappa shape index (κ3) is 12.4. The molecule has 0 radical (unpaired) electrons. The predicted octanol–water partition coefficient (Wildman–Crippen LogP) is 9.39. The number of aliphatic hydroxyl groups excluding tert-OH is 1. The quantitative estimate of drug-likeness (QED) is 0.0707. The number of hydrogen-bond donors (Lipinski definition) is 3. The molecule has 0 spiro atoms. The van der Waals surface area contributed by atoms with Crippen molar-refractivity contribution >= 4 is 24.2 Å². The summed E-state index contributed by atoms with van der Waals surface area (Å²) in [6.07, 6.45) is 4.70. The normalized spacial score (nSPS) is 14.3. The van der Waals surface area contributed by atoms with Crippen molar-refractivity contribution in [3.8, 4) is 17.2 Å². The highest BCUT2D eigenvalue weighted by Crippen LogP contribution is 2.38. The smallest absolute Gasteiger partial charge is 0.262 e. The highest BCUT2D eigenvalue weighted by Gasteiger charge is 2.33. The summed E-state index contributed by atoms with van der Waals surface area (Å²) in [5, 5.41) is 13.3. The first-order valence-corrected chi connectivity index (χ1v) is 21.1. The molecule has 0 amide bonds. The summed E-state index contributed by atoms with van der Waals surface area (Å²) in [6.45, 7) is 2.50. The second-order valence-electron chi connectivity index (χ2n) is 14.1. The van der Waals surface area contributed by atoms with Gasteiger partial charge in [0.2, 0.25) is 8.46 Å². The third-order valence-corrected chi connectivity index (χ3v) is 11.9. The van der Waals surface area contributed by atoms with Gasteiger partial charge < -0.3 is 24.6 Å². The number of rotatable bonds is 19. The minimum Gasteiger partial charge on any atom is -0.489 e. The lowest BCUT2D eigenvalue weighted by molar-refractivity contribution is 0.104. The fourth-order valence-electron chi connectivity index (χ4n) is 6.66. The zero-order valence-corrected chi connectivity index (χ0v) is 32.8. The van der Waals surface area contributed by atoms with Crippen molar-refractivity contribution < 1.29 is 32.3 Å². The molecule has 6 rings (SSSR count). The number of aliphatic hydroxyl groups is 1. The van der Waals surface area contributed by atoms with Gasteiger partial charge in [0.1, 0.15) is 36.6 Å². The van der Waals surface area contributed by atoms with Gasteiger partial charge in [0, 0.05) is 18.7 Å². The van der Waals surface area contributed by atoms with Gasteiger partial charge in [-0.2, -0.15) is 0 Å². The number of ether oxygens (including phenoxy) is 3. The van der Waals surface area contributed by atoms with Gasteiger partial charge in [0.05, 0.1) is 10.6 Å². The van der Waals surface area contributed by atoms with E-state index in [2.05, 4.69) is 34.3 Å². The van der Waals surface area contributed by atoms with Crippen LogP contribution < -0.4 is 24.2 Å². The number of sulfonamides is 1. The first-order valence-electron chi connectivity index (χ1n) is 18.8. The van der Waals surface area contributed by atoms with E-state index in [4.69, 9.17) is 14.2 Å². The van der Waals surface area contributed by atoms with Crippen LogP contribution in [-0.4, -0.2) is 44.2 Å². The van der Waals surface area contributed by atoms with Crippen LogP contribution in [0.5, 0.6) is 17.2 Å². The van der Waals surface area contributed by atoms with Crippen molar-refractivity contribution in [3.05, 3.63) is 150 Å². The van der Waals surface area contributed by atoms with Crippen LogP contribution in [0.15, 0.2) is 132 Å². The van der Waals surface area contributed by atoms with E-state index >= 15 is 0 Å². The van der Waals surface area contributed by atoms with Crippen LogP contribution in [0.25, 0.3) is 0 Å². The minimum atomic E-state index is -3.85. The second kappa shape index (κ2) is 20.4. The second-order valence-corrected chi connectivity index (χ2v) is 16.8. The van der Waals surface area contributed by atoms with E-state index in [9.17, 15) is 18.1 Å². The number of fused-ring (bicyclic) bond motifs is 4. The lowest BCUT2D eigenvalue weighted by Crippen LogP contribution is -2.37. The molecule has 2 unspecified atom stereocenters. The van der Waals surface area contributed by atoms with Gasteiger partial charge in [0.15, 0.2) is 5.34 Å². The summed E-state index contributed by atoms with van der Waals surface area (Å²) in [4.78, 5) is 0.131. The molecule has 0 fully saturated rings. The molecule has 2 atom stereocenters. The van der Waals surface area contributed by atoms with E-state index in [1.807, 2.05) is 73.7 Å². The van der Waals surface area contributed by atoms with E-state index in [0.29, 0.717) is 30.8 Å². The monoisotopic (exact) mass is 796 g/mol. The largest absolute Gasteiger partial charge is 0.489 e. The molecule has 1 aliphatic rings. The molecule has 3 N–H and O–H groups in total. The Labute approximate surface area is 333 Å². The van der Waals surface area contributed by atoms with Crippen molar-refractivity contribution in [1.29, 1.82) is 0 Å². The van der Waals surface area contributed by atoms with Crippen molar-refractivity contribution in [2.75, 3.05) is 17.9 Å². The summed E-state index contributed by atoms with van der Waals surface area (Å²) in [5.74, 6) is 1.47. The molecule has 0 saturated carbocycles. The summed E-state index contributed by atoms with van der Waals surface area (Å²) in [5.41, 5.74) is 4.59. The summed E-state index contributed by atoms with van der Waals surface area (Å²) >= 11 is 0. The number of anilines is 1. The Morgan fingerprint density at radius 3 is 2.14 bits per heavy atom. The molecule has 0 aliphatic carbocycles. The Morgan fingerprint density at radius 1 is 0.839 bits per heavy atom. The van der Waals surface area contributed by atoms with Crippen LogP contribution in [0.2, 0.25) is 0 Å². The Hall–Kier alpha value is -4.73. The molecule has 56 heavy (non-hydrogen) atoms. The summed E-state index contributed by atoms with van der Waals surface area (Å²) in [6, 6.07) is 40.2. The maximum atomic E-state index is 13.1. The summed E-state index contributed by atoms with van der Waals surface area (Å²) in [7, 11) is -3.87. The fraction of sp³-hybridized carbons (Fsp3) is 0.333. The van der Waals surface area contributed by atoms with Crippen molar-refractivity contribution in [1.82, 2.24) is 5.32 Å². The minimum absolute atomic E-state index is 0. The van der Waals surface area contributed by atoms with Gasteiger partial charge in [-0.1, -0.05) is 92.4 Å². The Bertz CT molecular complexity index is 2040. The van der Waals surface area contributed by atoms with Crippen molar-refractivity contribution in [2.24, 2.45) is 0 Å². The number of hydrogen-bond acceptors (Lipinski definition) is 8. The van der Waals surface area contributed by atoms with Gasteiger partial charge >= 0.3 is 0 Å². The standard InChI is InChI=1S/C44H49N2O7PS.CH4/c1-33(45-30-38(47)32-52-43-24-23-40-29-42(43)46-55(49,50)41-18-8-15-37(28-41)31-51-40)27-36-19-21-39(22-20-36)53-44(54-48,25-9-16-34-11-4-2-5-12-34)26-10-17-35-13-6-3-7-14-35;/h2-8,11-15,18-24,28-29,33,38,45-47H,9-10,16-17,25-27,30-32H2,1H3;1H4. The first kappa shape index (κ1) is 42.4. The molecule has 5 aromatic rings. The third-order valence-electron chi connectivity index (χ3n) is 9.63. The van der Waals surface area contributed by atoms with Gasteiger partial charge in [-0.25, -0.2) is 8.42 Å². The number of nitrogens with one attached hydrogen (secondary N) is 2. The highest BCUT2D eigenvalue weighted by molar-refractivity contribution is 7.92. The molecule has 1 aliphatic heterocycles. The van der Waals surface area contributed by atoms with E-state index in [-0.39, 0.29) is 58.0 Å². The SMILES string of the molecule is C.CC(Cc1ccc(OC(CCCc2ccccc2)(CCCc2ccccc2)P=O)cc1)NCC(O)COc1ccc2cc1NS(=O)(=O)c1cccc(c1)CO2. The van der Waals surface area contributed by atoms with Crippen LogP contribution in [0.1, 0.15) is 62.3 Å². The average Bonchev–Trinajstić information content (AvgIpc) is 3.20. The van der Waals surface area contributed by atoms with Crippen LogP contribution in [-0.2, 0) is 40.5 Å². The number of benzene rings is 5. The molecule has 0 aromatic heterocycles. The molecule has 5 aromatic carbocycles. The Morgan fingerprint density at radius 2 is 1.50 bits per heavy atom. The van der Waals surface area contributed by atoms with E-state index in [1.165, 1.54) is 17.2 Å². The number of aryl methyl sites for hydroxylation is 2. The van der Waals surface area contributed by atoms with Gasteiger partial charge in [0.25, 0.3) is 10.0 Å². The van der Waals surface area contributed by atoms with E-state index < -0.39 is 21.5 Å². The summed E-state index contributed by atoms with van der Waals surface area (Å²) < 4.78 is 59.9. The Balaban J connectivity index is 0.00000600. The van der Waals surface area contributed by atoms with Crippen LogP contribution >= 0.6 is 8.46 Å². The average molecular weight is 797 g/mol. The topological polar surface area (TPSA) is 123 Å². The maximum absolute atomic E-state index is 13.1. The predicted molar refractivity (Wildman–Crippen MR) is 224 cm³/mol.